The molecule has 22 heavy (non-hydrogen) atoms. The molecule has 1 heterocycles. The second kappa shape index (κ2) is 6.57. The molecule has 0 amide bonds. The highest BCUT2D eigenvalue weighted by Crippen LogP contribution is 2.22. The number of benzene rings is 2. The Labute approximate surface area is 142 Å². The van der Waals surface area contributed by atoms with E-state index in [1.165, 1.54) is 11.3 Å². The van der Waals surface area contributed by atoms with Crippen molar-refractivity contribution in [2.75, 3.05) is 0 Å². The molecule has 0 atom stereocenters. The van der Waals surface area contributed by atoms with Gasteiger partial charge in [0.2, 0.25) is 0 Å². The summed E-state index contributed by atoms with van der Waals surface area (Å²) in [7, 11) is 0. The van der Waals surface area contributed by atoms with E-state index in [0.717, 1.165) is 16.0 Å². The van der Waals surface area contributed by atoms with Gasteiger partial charge in [-0.25, -0.2) is 0 Å². The molecule has 0 aliphatic rings. The van der Waals surface area contributed by atoms with Gasteiger partial charge in [-0.15, -0.1) is 11.3 Å². The van der Waals surface area contributed by atoms with Crippen molar-refractivity contribution in [2.24, 2.45) is 0 Å². The predicted octanol–water partition coefficient (Wildman–Crippen LogP) is 5.01. The largest absolute Gasteiger partial charge is 0.287 e. The van der Waals surface area contributed by atoms with E-state index in [0.29, 0.717) is 15.5 Å². The third-order valence-corrected chi connectivity index (χ3v) is 4.90. The standard InChI is InChI=1S/C17H12ClNOS2/c18-14-8-4-5-12(9-14)11-19-16(20)10-15(22-17(19)21)13-6-2-1-3-7-13/h1-10H,11H2. The molecule has 0 saturated heterocycles. The van der Waals surface area contributed by atoms with Crippen LogP contribution in [0.2, 0.25) is 5.02 Å². The Hall–Kier alpha value is -1.75. The van der Waals surface area contributed by atoms with Crippen molar-refractivity contribution >= 4 is 35.2 Å². The fourth-order valence-electron chi connectivity index (χ4n) is 2.16. The van der Waals surface area contributed by atoms with Crippen LogP contribution < -0.4 is 5.56 Å². The van der Waals surface area contributed by atoms with E-state index in [-0.39, 0.29) is 5.56 Å². The average Bonchev–Trinajstić information content (AvgIpc) is 2.52. The predicted molar refractivity (Wildman–Crippen MR) is 95.4 cm³/mol. The summed E-state index contributed by atoms with van der Waals surface area (Å²) in [5.41, 5.74) is 1.87. The number of nitrogens with zero attached hydrogens (tertiary/aromatic N) is 1. The quantitative estimate of drug-likeness (QED) is 0.622. The molecule has 110 valence electrons. The zero-order valence-electron chi connectivity index (χ0n) is 11.5. The fraction of sp³-hybridized carbons (Fsp3) is 0.0588. The summed E-state index contributed by atoms with van der Waals surface area (Å²) in [6.45, 7) is 0.434. The Morgan fingerprint density at radius 3 is 2.50 bits per heavy atom. The van der Waals surface area contributed by atoms with Crippen molar-refractivity contribution in [3.8, 4) is 10.4 Å². The minimum atomic E-state index is -0.0948. The smallest absolute Gasteiger partial charge is 0.253 e. The van der Waals surface area contributed by atoms with Crippen molar-refractivity contribution in [3.05, 3.63) is 85.6 Å². The third kappa shape index (κ3) is 3.35. The van der Waals surface area contributed by atoms with E-state index in [4.69, 9.17) is 23.8 Å². The SMILES string of the molecule is O=c1cc(-c2ccccc2)sc(=S)n1Cc1cccc(Cl)c1. The lowest BCUT2D eigenvalue weighted by atomic mass is 10.2. The Bertz CT molecular complexity index is 884. The van der Waals surface area contributed by atoms with Gasteiger partial charge in [0.1, 0.15) is 0 Å². The molecular formula is C17H12ClNOS2. The lowest BCUT2D eigenvalue weighted by Crippen LogP contribution is -2.19. The molecule has 3 aromatic rings. The van der Waals surface area contributed by atoms with E-state index in [1.807, 2.05) is 54.6 Å². The minimum Gasteiger partial charge on any atom is -0.287 e. The van der Waals surface area contributed by atoms with Crippen LogP contribution in [0.15, 0.2) is 65.5 Å². The van der Waals surface area contributed by atoms with Gasteiger partial charge in [0, 0.05) is 16.0 Å². The monoisotopic (exact) mass is 345 g/mol. The first-order valence-electron chi connectivity index (χ1n) is 6.68. The molecular weight excluding hydrogens is 334 g/mol. The molecule has 0 fully saturated rings. The van der Waals surface area contributed by atoms with Crippen LogP contribution in [0.25, 0.3) is 10.4 Å². The van der Waals surface area contributed by atoms with Gasteiger partial charge in [0.15, 0.2) is 3.95 Å². The summed E-state index contributed by atoms with van der Waals surface area (Å²) in [5.74, 6) is 0. The number of aromatic nitrogens is 1. The van der Waals surface area contributed by atoms with Crippen molar-refractivity contribution < 1.29 is 0 Å². The Kier molecular flexibility index (Phi) is 4.52. The summed E-state index contributed by atoms with van der Waals surface area (Å²) in [4.78, 5) is 13.3. The highest BCUT2D eigenvalue weighted by atomic mass is 35.5. The summed E-state index contributed by atoms with van der Waals surface area (Å²) < 4.78 is 2.16. The van der Waals surface area contributed by atoms with E-state index in [2.05, 4.69) is 0 Å². The summed E-state index contributed by atoms with van der Waals surface area (Å²) in [5, 5.41) is 0.654. The van der Waals surface area contributed by atoms with Crippen LogP contribution in [-0.2, 0) is 6.54 Å². The van der Waals surface area contributed by atoms with Crippen molar-refractivity contribution in [3.63, 3.8) is 0 Å². The summed E-state index contributed by atoms with van der Waals surface area (Å²) in [6, 6.07) is 18.9. The van der Waals surface area contributed by atoms with Crippen molar-refractivity contribution in [2.45, 2.75) is 6.54 Å². The third-order valence-electron chi connectivity index (χ3n) is 3.23. The molecule has 2 nitrogen and oxygen atoms in total. The first-order chi connectivity index (χ1) is 10.6. The zero-order valence-corrected chi connectivity index (χ0v) is 13.9. The zero-order chi connectivity index (χ0) is 15.5. The van der Waals surface area contributed by atoms with Gasteiger partial charge in [-0.1, -0.05) is 54.1 Å². The molecule has 5 heteroatoms. The first kappa shape index (κ1) is 15.2. The van der Waals surface area contributed by atoms with E-state index in [9.17, 15) is 4.79 Å². The fourth-order valence-corrected chi connectivity index (χ4v) is 3.67. The number of halogens is 1. The van der Waals surface area contributed by atoms with Gasteiger partial charge in [0.25, 0.3) is 5.56 Å². The second-order valence-corrected chi connectivity index (χ2v) is 6.91. The molecule has 0 bridgehead atoms. The van der Waals surface area contributed by atoms with Crippen LogP contribution in [0, 0.1) is 3.95 Å². The Balaban J connectivity index is 2.01. The van der Waals surface area contributed by atoms with Gasteiger partial charge >= 0.3 is 0 Å². The maximum atomic E-state index is 12.4. The van der Waals surface area contributed by atoms with Gasteiger partial charge in [-0.3, -0.25) is 9.36 Å². The first-order valence-corrected chi connectivity index (χ1v) is 8.28. The van der Waals surface area contributed by atoms with E-state index >= 15 is 0 Å². The van der Waals surface area contributed by atoms with Crippen molar-refractivity contribution in [1.82, 2.24) is 4.57 Å². The van der Waals surface area contributed by atoms with E-state index < -0.39 is 0 Å². The average molecular weight is 346 g/mol. The molecule has 0 aliphatic heterocycles. The van der Waals surface area contributed by atoms with Gasteiger partial charge in [0.05, 0.1) is 6.54 Å². The van der Waals surface area contributed by atoms with Gasteiger partial charge in [-0.2, -0.15) is 0 Å². The summed E-state index contributed by atoms with van der Waals surface area (Å²) in [6.07, 6.45) is 0. The lowest BCUT2D eigenvalue weighted by molar-refractivity contribution is 0.762. The number of hydrogen-bond donors (Lipinski definition) is 0. The highest BCUT2D eigenvalue weighted by Gasteiger charge is 2.06. The van der Waals surface area contributed by atoms with Gasteiger partial charge in [-0.05, 0) is 35.5 Å². The van der Waals surface area contributed by atoms with Crippen molar-refractivity contribution in [1.29, 1.82) is 0 Å². The lowest BCUT2D eigenvalue weighted by Gasteiger charge is -2.08. The molecule has 0 radical (unpaired) electrons. The topological polar surface area (TPSA) is 22.0 Å². The summed E-state index contributed by atoms with van der Waals surface area (Å²) >= 11 is 12.8. The maximum absolute atomic E-state index is 12.4. The number of hydrogen-bond acceptors (Lipinski definition) is 3. The van der Waals surface area contributed by atoms with E-state index in [1.54, 1.807) is 10.6 Å². The molecule has 0 unspecified atom stereocenters. The molecule has 0 aliphatic carbocycles. The Morgan fingerprint density at radius 2 is 1.82 bits per heavy atom. The van der Waals surface area contributed by atoms with Crippen LogP contribution in [0.3, 0.4) is 0 Å². The molecule has 0 N–H and O–H groups in total. The van der Waals surface area contributed by atoms with Crippen LogP contribution in [0.5, 0.6) is 0 Å². The molecule has 3 rings (SSSR count). The van der Waals surface area contributed by atoms with Crippen LogP contribution in [0.1, 0.15) is 5.56 Å². The molecule has 0 saturated carbocycles. The van der Waals surface area contributed by atoms with Crippen LogP contribution in [-0.4, -0.2) is 4.57 Å². The van der Waals surface area contributed by atoms with Crippen LogP contribution in [0.4, 0.5) is 0 Å². The van der Waals surface area contributed by atoms with Gasteiger partial charge < -0.3 is 0 Å². The Morgan fingerprint density at radius 1 is 1.05 bits per heavy atom. The molecule has 0 spiro atoms. The molecule has 1 aromatic heterocycles. The second-order valence-electron chi connectivity index (χ2n) is 4.80. The normalized spacial score (nSPS) is 10.6. The number of rotatable bonds is 3. The maximum Gasteiger partial charge on any atom is 0.253 e. The van der Waals surface area contributed by atoms with Crippen LogP contribution >= 0.6 is 35.2 Å². The highest BCUT2D eigenvalue weighted by molar-refractivity contribution is 7.73. The molecule has 2 aromatic carbocycles. The minimum absolute atomic E-state index is 0.0948.